The minimum Gasteiger partial charge on any atom is -0.479 e. The summed E-state index contributed by atoms with van der Waals surface area (Å²) in [5.41, 5.74) is -1.84. The topological polar surface area (TPSA) is 86.6 Å². The maximum absolute atomic E-state index is 12.6. The van der Waals surface area contributed by atoms with Gasteiger partial charge in [0.05, 0.1) is 6.54 Å². The Bertz CT molecular complexity index is 428. The molecule has 0 aliphatic rings. The number of carboxylic acids is 1. The first-order chi connectivity index (χ1) is 7.83. The van der Waals surface area contributed by atoms with Crippen LogP contribution < -0.4 is 5.32 Å². The molecule has 6 heteroatoms. The molecule has 0 saturated carbocycles. The summed E-state index contributed by atoms with van der Waals surface area (Å²) in [4.78, 5) is 22.1. The van der Waals surface area contributed by atoms with Crippen LogP contribution in [0.2, 0.25) is 0 Å². The molecule has 0 heterocycles. The van der Waals surface area contributed by atoms with Crippen LogP contribution in [-0.4, -0.2) is 34.2 Å². The zero-order valence-corrected chi connectivity index (χ0v) is 9.11. The Morgan fingerprint density at radius 1 is 1.35 bits per heavy atom. The van der Waals surface area contributed by atoms with Gasteiger partial charge >= 0.3 is 5.97 Å². The molecule has 1 aromatic rings. The molecule has 0 radical (unpaired) electrons. The van der Waals surface area contributed by atoms with E-state index in [9.17, 15) is 19.1 Å². The molecule has 1 unspecified atom stereocenters. The van der Waals surface area contributed by atoms with Crippen LogP contribution in [0.3, 0.4) is 0 Å². The number of carbonyl (C=O) groups is 2. The molecular weight excluding hydrogens is 229 g/mol. The van der Waals surface area contributed by atoms with Crippen LogP contribution >= 0.6 is 0 Å². The van der Waals surface area contributed by atoms with Crippen molar-refractivity contribution in [1.29, 1.82) is 0 Å². The van der Waals surface area contributed by atoms with Crippen molar-refractivity contribution in [3.05, 3.63) is 35.6 Å². The van der Waals surface area contributed by atoms with E-state index in [1.165, 1.54) is 12.1 Å². The minimum absolute atomic E-state index is 0.188. The van der Waals surface area contributed by atoms with Gasteiger partial charge in [0.25, 0.3) is 5.91 Å². The zero-order chi connectivity index (χ0) is 13.1. The molecule has 3 N–H and O–H groups in total. The van der Waals surface area contributed by atoms with Gasteiger partial charge in [-0.2, -0.15) is 0 Å². The van der Waals surface area contributed by atoms with E-state index in [0.717, 1.165) is 19.1 Å². The largest absolute Gasteiger partial charge is 0.479 e. The maximum Gasteiger partial charge on any atom is 0.337 e. The summed E-state index contributed by atoms with van der Waals surface area (Å²) >= 11 is 0. The van der Waals surface area contributed by atoms with E-state index in [-0.39, 0.29) is 5.56 Å². The molecule has 0 aromatic heterocycles. The predicted molar refractivity (Wildman–Crippen MR) is 57.0 cm³/mol. The number of halogens is 1. The number of rotatable bonds is 4. The highest BCUT2D eigenvalue weighted by molar-refractivity contribution is 5.94. The van der Waals surface area contributed by atoms with Crippen LogP contribution in [0.1, 0.15) is 17.3 Å². The zero-order valence-electron chi connectivity index (χ0n) is 9.11. The van der Waals surface area contributed by atoms with Crippen molar-refractivity contribution in [3.8, 4) is 0 Å². The van der Waals surface area contributed by atoms with Gasteiger partial charge in [0.2, 0.25) is 0 Å². The Balaban J connectivity index is 2.62. The van der Waals surface area contributed by atoms with Gasteiger partial charge in [-0.05, 0) is 31.2 Å². The van der Waals surface area contributed by atoms with Crippen LogP contribution in [0.5, 0.6) is 0 Å². The Kier molecular flexibility index (Phi) is 3.80. The van der Waals surface area contributed by atoms with Crippen molar-refractivity contribution >= 4 is 11.9 Å². The van der Waals surface area contributed by atoms with Crippen LogP contribution in [-0.2, 0) is 4.79 Å². The lowest BCUT2D eigenvalue weighted by Gasteiger charge is -2.18. The Morgan fingerprint density at radius 2 is 1.88 bits per heavy atom. The van der Waals surface area contributed by atoms with Gasteiger partial charge in [-0.15, -0.1) is 0 Å². The highest BCUT2D eigenvalue weighted by atomic mass is 19.1. The number of carbonyl (C=O) groups excluding carboxylic acids is 1. The molecule has 1 rings (SSSR count). The second kappa shape index (κ2) is 4.92. The van der Waals surface area contributed by atoms with Gasteiger partial charge in [0, 0.05) is 5.56 Å². The van der Waals surface area contributed by atoms with Crippen LogP contribution in [0.4, 0.5) is 4.39 Å². The van der Waals surface area contributed by atoms with E-state index in [1.54, 1.807) is 0 Å². The van der Waals surface area contributed by atoms with E-state index >= 15 is 0 Å². The number of aliphatic carboxylic acids is 1. The Hall–Kier alpha value is -1.95. The predicted octanol–water partition coefficient (Wildman–Crippen LogP) is 0.391. The van der Waals surface area contributed by atoms with Crippen LogP contribution in [0.25, 0.3) is 0 Å². The molecular formula is C11H12FNO4. The SMILES string of the molecule is CC(O)(CNC(=O)c1ccc(F)cc1)C(=O)O. The highest BCUT2D eigenvalue weighted by Crippen LogP contribution is 2.04. The summed E-state index contributed by atoms with van der Waals surface area (Å²) in [5, 5.41) is 20.2. The lowest BCUT2D eigenvalue weighted by molar-refractivity contribution is -0.155. The molecule has 0 aliphatic heterocycles. The van der Waals surface area contributed by atoms with Crippen molar-refractivity contribution in [2.45, 2.75) is 12.5 Å². The quantitative estimate of drug-likeness (QED) is 0.711. The van der Waals surface area contributed by atoms with E-state index in [4.69, 9.17) is 5.11 Å². The van der Waals surface area contributed by atoms with E-state index in [0.29, 0.717) is 0 Å². The number of benzene rings is 1. The monoisotopic (exact) mass is 241 g/mol. The van der Waals surface area contributed by atoms with Crippen molar-refractivity contribution in [3.63, 3.8) is 0 Å². The fourth-order valence-corrected chi connectivity index (χ4v) is 1.03. The van der Waals surface area contributed by atoms with Gasteiger partial charge < -0.3 is 15.5 Å². The number of hydrogen-bond donors (Lipinski definition) is 3. The normalized spacial score (nSPS) is 13.8. The first-order valence-corrected chi connectivity index (χ1v) is 4.82. The van der Waals surface area contributed by atoms with Crippen molar-refractivity contribution in [1.82, 2.24) is 5.32 Å². The molecule has 0 fully saturated rings. The summed E-state index contributed by atoms with van der Waals surface area (Å²) in [5.74, 6) is -2.48. The number of amides is 1. The molecule has 1 atom stereocenters. The number of hydrogen-bond acceptors (Lipinski definition) is 3. The summed E-state index contributed by atoms with van der Waals surface area (Å²) in [6.07, 6.45) is 0. The summed E-state index contributed by atoms with van der Waals surface area (Å²) in [6, 6.07) is 4.76. The van der Waals surface area contributed by atoms with Crippen LogP contribution in [0, 0.1) is 5.82 Å². The first-order valence-electron chi connectivity index (χ1n) is 4.82. The number of aliphatic hydroxyl groups is 1. The van der Waals surface area contributed by atoms with Gasteiger partial charge in [-0.25, -0.2) is 9.18 Å². The molecule has 1 aromatic carbocycles. The summed E-state index contributed by atoms with van der Waals surface area (Å²) in [7, 11) is 0. The first kappa shape index (κ1) is 13.1. The number of carboxylic acid groups (broad SMARTS) is 1. The second-order valence-electron chi connectivity index (χ2n) is 3.77. The molecule has 0 bridgehead atoms. The average molecular weight is 241 g/mol. The standard InChI is InChI=1S/C11H12FNO4/c1-11(17,10(15)16)6-13-9(14)7-2-4-8(12)5-3-7/h2-5,17H,6H2,1H3,(H,13,14)(H,15,16). The molecule has 0 aliphatic carbocycles. The van der Waals surface area contributed by atoms with Crippen molar-refractivity contribution < 1.29 is 24.2 Å². The third-order valence-electron chi connectivity index (χ3n) is 2.16. The molecule has 17 heavy (non-hydrogen) atoms. The summed E-state index contributed by atoms with van der Waals surface area (Å²) < 4.78 is 12.6. The van der Waals surface area contributed by atoms with Crippen molar-refractivity contribution in [2.75, 3.05) is 6.54 Å². The molecule has 5 nitrogen and oxygen atoms in total. The smallest absolute Gasteiger partial charge is 0.337 e. The Labute approximate surface area is 96.9 Å². The molecule has 92 valence electrons. The Morgan fingerprint density at radius 3 is 2.35 bits per heavy atom. The van der Waals surface area contributed by atoms with Crippen molar-refractivity contribution in [2.24, 2.45) is 0 Å². The molecule has 0 saturated heterocycles. The van der Waals surface area contributed by atoms with Gasteiger partial charge in [0.15, 0.2) is 5.60 Å². The van der Waals surface area contributed by atoms with Crippen LogP contribution in [0.15, 0.2) is 24.3 Å². The van der Waals surface area contributed by atoms with Gasteiger partial charge in [-0.3, -0.25) is 4.79 Å². The van der Waals surface area contributed by atoms with E-state index in [2.05, 4.69) is 5.32 Å². The molecule has 0 spiro atoms. The van der Waals surface area contributed by atoms with Gasteiger partial charge in [0.1, 0.15) is 5.82 Å². The van der Waals surface area contributed by atoms with E-state index < -0.39 is 29.8 Å². The average Bonchev–Trinajstić information content (AvgIpc) is 2.27. The fourth-order valence-electron chi connectivity index (χ4n) is 1.03. The third-order valence-corrected chi connectivity index (χ3v) is 2.16. The highest BCUT2D eigenvalue weighted by Gasteiger charge is 2.30. The lowest BCUT2D eigenvalue weighted by atomic mass is 10.1. The number of nitrogens with one attached hydrogen (secondary N) is 1. The van der Waals surface area contributed by atoms with E-state index in [1.807, 2.05) is 0 Å². The lowest BCUT2D eigenvalue weighted by Crippen LogP contribution is -2.46. The minimum atomic E-state index is -2.03. The second-order valence-corrected chi connectivity index (χ2v) is 3.77. The third kappa shape index (κ3) is 3.53. The van der Waals surface area contributed by atoms with Gasteiger partial charge in [-0.1, -0.05) is 0 Å². The summed E-state index contributed by atoms with van der Waals surface area (Å²) in [6.45, 7) is 0.638. The fraction of sp³-hybridized carbons (Fsp3) is 0.273. The maximum atomic E-state index is 12.6. The molecule has 1 amide bonds.